The highest BCUT2D eigenvalue weighted by atomic mass is 16.5. The molecule has 0 aliphatic rings. The van der Waals surface area contributed by atoms with Crippen LogP contribution in [0.2, 0.25) is 0 Å². The third-order valence-corrected chi connectivity index (χ3v) is 1.99. The molecule has 82 valence electrons. The Labute approximate surface area is 87.7 Å². The standard InChI is InChI=1S/C12H22O2/c1-3-5-6-7-10-14-11-9-12(13)8-4-2/h12-13H,3,5-7,9-11H2,1-2H3. The van der Waals surface area contributed by atoms with E-state index in [0.717, 1.165) is 13.0 Å². The van der Waals surface area contributed by atoms with Gasteiger partial charge in [-0.05, 0) is 13.3 Å². The fraction of sp³-hybridized carbons (Fsp3) is 0.833. The Morgan fingerprint density at radius 1 is 1.21 bits per heavy atom. The van der Waals surface area contributed by atoms with Gasteiger partial charge in [0.2, 0.25) is 0 Å². The molecule has 0 aromatic carbocycles. The van der Waals surface area contributed by atoms with E-state index < -0.39 is 6.10 Å². The van der Waals surface area contributed by atoms with Gasteiger partial charge < -0.3 is 9.84 Å². The second-order valence-electron chi connectivity index (χ2n) is 3.37. The molecule has 0 heterocycles. The lowest BCUT2D eigenvalue weighted by molar-refractivity contribution is 0.0983. The quantitative estimate of drug-likeness (QED) is 0.479. The van der Waals surface area contributed by atoms with Crippen LogP contribution in [0.5, 0.6) is 0 Å². The summed E-state index contributed by atoms with van der Waals surface area (Å²) in [6.07, 6.45) is 5.01. The molecule has 14 heavy (non-hydrogen) atoms. The Morgan fingerprint density at radius 3 is 2.64 bits per heavy atom. The molecule has 2 heteroatoms. The van der Waals surface area contributed by atoms with Crippen LogP contribution >= 0.6 is 0 Å². The molecule has 0 bridgehead atoms. The van der Waals surface area contributed by atoms with E-state index in [2.05, 4.69) is 18.8 Å². The van der Waals surface area contributed by atoms with Gasteiger partial charge >= 0.3 is 0 Å². The molecule has 0 amide bonds. The van der Waals surface area contributed by atoms with E-state index >= 15 is 0 Å². The number of hydrogen-bond acceptors (Lipinski definition) is 2. The molecule has 1 atom stereocenters. The van der Waals surface area contributed by atoms with E-state index in [9.17, 15) is 5.11 Å². The third kappa shape index (κ3) is 9.57. The highest BCUT2D eigenvalue weighted by Crippen LogP contribution is 1.99. The topological polar surface area (TPSA) is 29.5 Å². The van der Waals surface area contributed by atoms with Crippen molar-refractivity contribution in [3.8, 4) is 11.8 Å². The molecule has 1 N–H and O–H groups in total. The van der Waals surface area contributed by atoms with Crippen molar-refractivity contribution in [3.05, 3.63) is 0 Å². The second-order valence-corrected chi connectivity index (χ2v) is 3.37. The van der Waals surface area contributed by atoms with Crippen LogP contribution in [0, 0.1) is 11.8 Å². The van der Waals surface area contributed by atoms with Gasteiger partial charge in [-0.3, -0.25) is 0 Å². The molecule has 1 unspecified atom stereocenters. The zero-order chi connectivity index (χ0) is 10.6. The highest BCUT2D eigenvalue weighted by Gasteiger charge is 1.97. The number of aliphatic hydroxyl groups excluding tert-OH is 1. The Kier molecular flexibility index (Phi) is 10.2. The first-order chi connectivity index (χ1) is 6.81. The van der Waals surface area contributed by atoms with Gasteiger partial charge in [0, 0.05) is 19.6 Å². The summed E-state index contributed by atoms with van der Waals surface area (Å²) in [6, 6.07) is 0. The maximum Gasteiger partial charge on any atom is 0.116 e. The zero-order valence-electron chi connectivity index (χ0n) is 9.38. The average Bonchev–Trinajstić information content (AvgIpc) is 2.17. The predicted molar refractivity (Wildman–Crippen MR) is 59.0 cm³/mol. The van der Waals surface area contributed by atoms with Gasteiger partial charge in [0.15, 0.2) is 0 Å². The van der Waals surface area contributed by atoms with Gasteiger partial charge in [-0.2, -0.15) is 0 Å². The monoisotopic (exact) mass is 198 g/mol. The Balaban J connectivity index is 3.08. The first kappa shape index (κ1) is 13.5. The summed E-state index contributed by atoms with van der Waals surface area (Å²) in [6.45, 7) is 5.35. The summed E-state index contributed by atoms with van der Waals surface area (Å²) < 4.78 is 5.37. The number of aliphatic hydroxyl groups is 1. The van der Waals surface area contributed by atoms with Crippen LogP contribution in [0.1, 0.15) is 46.0 Å². The summed E-state index contributed by atoms with van der Waals surface area (Å²) in [5.41, 5.74) is 0. The van der Waals surface area contributed by atoms with Crippen LogP contribution in [0.25, 0.3) is 0 Å². The minimum Gasteiger partial charge on any atom is -0.381 e. The van der Waals surface area contributed by atoms with Crippen molar-refractivity contribution in [2.24, 2.45) is 0 Å². The Bertz CT molecular complexity index is 167. The van der Waals surface area contributed by atoms with Gasteiger partial charge in [0.1, 0.15) is 6.10 Å². The number of rotatable bonds is 8. The smallest absolute Gasteiger partial charge is 0.116 e. The van der Waals surface area contributed by atoms with Crippen molar-refractivity contribution in [2.45, 2.75) is 52.1 Å². The summed E-state index contributed by atoms with van der Waals surface area (Å²) >= 11 is 0. The fourth-order valence-corrected chi connectivity index (χ4v) is 1.17. The molecule has 0 spiro atoms. The van der Waals surface area contributed by atoms with Crippen molar-refractivity contribution in [2.75, 3.05) is 13.2 Å². The molecule has 0 rings (SSSR count). The lowest BCUT2D eigenvalue weighted by Gasteiger charge is -2.05. The molecule has 0 saturated heterocycles. The minimum atomic E-state index is -0.518. The molecule has 0 saturated carbocycles. The van der Waals surface area contributed by atoms with E-state index in [-0.39, 0.29) is 0 Å². The van der Waals surface area contributed by atoms with Crippen LogP contribution in [0.4, 0.5) is 0 Å². The van der Waals surface area contributed by atoms with E-state index in [4.69, 9.17) is 4.74 Å². The number of unbranched alkanes of at least 4 members (excludes halogenated alkanes) is 3. The summed E-state index contributed by atoms with van der Waals surface area (Å²) in [5.74, 6) is 5.36. The third-order valence-electron chi connectivity index (χ3n) is 1.99. The molecular weight excluding hydrogens is 176 g/mol. The largest absolute Gasteiger partial charge is 0.381 e. The van der Waals surface area contributed by atoms with Crippen molar-refractivity contribution in [3.63, 3.8) is 0 Å². The molecule has 2 nitrogen and oxygen atoms in total. The fourth-order valence-electron chi connectivity index (χ4n) is 1.17. The maximum absolute atomic E-state index is 9.24. The molecule has 0 aliphatic carbocycles. The Hall–Kier alpha value is -0.520. The normalized spacial score (nSPS) is 11.9. The first-order valence-corrected chi connectivity index (χ1v) is 5.49. The highest BCUT2D eigenvalue weighted by molar-refractivity contribution is 5.01. The van der Waals surface area contributed by atoms with Gasteiger partial charge in [-0.25, -0.2) is 0 Å². The zero-order valence-corrected chi connectivity index (χ0v) is 9.38. The number of ether oxygens (including phenoxy) is 1. The van der Waals surface area contributed by atoms with Crippen LogP contribution in [-0.4, -0.2) is 24.4 Å². The van der Waals surface area contributed by atoms with E-state index in [1.165, 1.54) is 19.3 Å². The van der Waals surface area contributed by atoms with E-state index in [1.54, 1.807) is 6.92 Å². The molecule has 0 fully saturated rings. The molecular formula is C12H22O2. The molecule has 0 aromatic heterocycles. The summed E-state index contributed by atoms with van der Waals surface area (Å²) in [7, 11) is 0. The van der Waals surface area contributed by atoms with Gasteiger partial charge in [0.25, 0.3) is 0 Å². The van der Waals surface area contributed by atoms with E-state index in [1.807, 2.05) is 0 Å². The number of hydrogen-bond donors (Lipinski definition) is 1. The van der Waals surface area contributed by atoms with Crippen molar-refractivity contribution >= 4 is 0 Å². The SMILES string of the molecule is CC#CC(O)CCOCCCCCC. The Morgan fingerprint density at radius 2 is 2.00 bits per heavy atom. The van der Waals surface area contributed by atoms with Crippen molar-refractivity contribution in [1.29, 1.82) is 0 Å². The van der Waals surface area contributed by atoms with Crippen molar-refractivity contribution in [1.82, 2.24) is 0 Å². The molecule has 0 aromatic rings. The van der Waals surface area contributed by atoms with Crippen LogP contribution in [0.15, 0.2) is 0 Å². The van der Waals surface area contributed by atoms with Crippen LogP contribution < -0.4 is 0 Å². The second kappa shape index (κ2) is 10.6. The lowest BCUT2D eigenvalue weighted by Crippen LogP contribution is -2.08. The minimum absolute atomic E-state index is 0.518. The van der Waals surface area contributed by atoms with Gasteiger partial charge in [0.05, 0.1) is 0 Å². The average molecular weight is 198 g/mol. The molecule has 0 radical (unpaired) electrons. The molecule has 0 aliphatic heterocycles. The lowest BCUT2D eigenvalue weighted by atomic mass is 10.2. The van der Waals surface area contributed by atoms with Crippen LogP contribution in [-0.2, 0) is 4.74 Å². The van der Waals surface area contributed by atoms with Crippen LogP contribution in [0.3, 0.4) is 0 Å². The van der Waals surface area contributed by atoms with Gasteiger partial charge in [-0.1, -0.05) is 32.1 Å². The van der Waals surface area contributed by atoms with Gasteiger partial charge in [-0.15, -0.1) is 5.92 Å². The van der Waals surface area contributed by atoms with E-state index in [0.29, 0.717) is 13.0 Å². The maximum atomic E-state index is 9.24. The first-order valence-electron chi connectivity index (χ1n) is 5.49. The summed E-state index contributed by atoms with van der Waals surface area (Å²) in [5, 5.41) is 9.24. The predicted octanol–water partition coefficient (Wildman–Crippen LogP) is 2.36. The summed E-state index contributed by atoms with van der Waals surface area (Å²) in [4.78, 5) is 0. The van der Waals surface area contributed by atoms with Crippen molar-refractivity contribution < 1.29 is 9.84 Å².